The van der Waals surface area contributed by atoms with Gasteiger partial charge in [-0.25, -0.2) is 4.79 Å². The Bertz CT molecular complexity index is 581. The van der Waals surface area contributed by atoms with Crippen LogP contribution >= 0.6 is 0 Å². The smallest absolute Gasteiger partial charge is 0.407 e. The summed E-state index contributed by atoms with van der Waals surface area (Å²) < 4.78 is 0. The lowest BCUT2D eigenvalue weighted by atomic mass is 10.0. The Morgan fingerprint density at radius 2 is 1.96 bits per heavy atom. The average molecular weight is 350 g/mol. The third kappa shape index (κ3) is 7.13. The number of aliphatic hydroxyl groups excluding tert-OH is 1. The van der Waals surface area contributed by atoms with E-state index in [0.29, 0.717) is 17.7 Å². The van der Waals surface area contributed by atoms with Crippen molar-refractivity contribution in [1.29, 1.82) is 0 Å². The Hall–Kier alpha value is -2.08. The molecule has 0 saturated carbocycles. The Morgan fingerprint density at radius 3 is 2.52 bits per heavy atom. The van der Waals surface area contributed by atoms with E-state index in [1.807, 2.05) is 27.7 Å². The van der Waals surface area contributed by atoms with Gasteiger partial charge in [0.2, 0.25) is 5.91 Å². The quantitative estimate of drug-likeness (QED) is 0.660. The highest BCUT2D eigenvalue weighted by Crippen LogP contribution is 2.23. The van der Waals surface area contributed by atoms with Crippen LogP contribution in [-0.2, 0) is 4.79 Å². The molecule has 0 radical (unpaired) electrons. The largest absolute Gasteiger partial charge is 0.465 e. The van der Waals surface area contributed by atoms with Gasteiger partial charge in [0.25, 0.3) is 0 Å². The fraction of sp³-hybridized carbons (Fsp3) is 0.579. The molecular weight excluding hydrogens is 320 g/mol. The van der Waals surface area contributed by atoms with Gasteiger partial charge < -0.3 is 20.4 Å². The van der Waals surface area contributed by atoms with E-state index in [2.05, 4.69) is 5.32 Å². The summed E-state index contributed by atoms with van der Waals surface area (Å²) in [5.41, 5.74) is 0.775. The molecule has 3 N–H and O–H groups in total. The van der Waals surface area contributed by atoms with Crippen LogP contribution in [0.25, 0.3) is 0 Å². The topological polar surface area (TPSA) is 89.9 Å². The molecule has 0 aliphatic heterocycles. The van der Waals surface area contributed by atoms with Gasteiger partial charge in [-0.15, -0.1) is 0 Å². The molecule has 25 heavy (non-hydrogen) atoms. The number of anilines is 1. The number of rotatable bonds is 8. The maximum absolute atomic E-state index is 11.8. The number of hydrogen-bond acceptors (Lipinski definition) is 3. The third-order valence-electron chi connectivity index (χ3n) is 3.98. The van der Waals surface area contributed by atoms with E-state index in [0.717, 1.165) is 12.8 Å². The summed E-state index contributed by atoms with van der Waals surface area (Å²) in [5, 5.41) is 22.5. The first-order valence-corrected chi connectivity index (χ1v) is 8.73. The van der Waals surface area contributed by atoms with Crippen molar-refractivity contribution in [2.45, 2.75) is 65.0 Å². The van der Waals surface area contributed by atoms with E-state index in [1.54, 1.807) is 24.3 Å². The molecule has 0 heterocycles. The van der Waals surface area contributed by atoms with Gasteiger partial charge >= 0.3 is 6.09 Å². The number of hydrogen-bond donors (Lipinski definition) is 3. The van der Waals surface area contributed by atoms with Crippen LogP contribution in [0.4, 0.5) is 10.5 Å². The van der Waals surface area contributed by atoms with Crippen molar-refractivity contribution in [3.8, 4) is 0 Å². The van der Waals surface area contributed by atoms with Gasteiger partial charge in [0, 0.05) is 24.2 Å². The molecule has 6 heteroatoms. The summed E-state index contributed by atoms with van der Waals surface area (Å²) in [6.45, 7) is 7.72. The number of benzene rings is 1. The molecular formula is C19H30N2O4. The first-order chi connectivity index (χ1) is 11.6. The van der Waals surface area contributed by atoms with Crippen LogP contribution in [0, 0.1) is 0 Å². The third-order valence-corrected chi connectivity index (χ3v) is 3.98. The lowest BCUT2D eigenvalue weighted by Crippen LogP contribution is -2.45. The van der Waals surface area contributed by atoms with Gasteiger partial charge in [0.1, 0.15) is 0 Å². The molecule has 0 aliphatic carbocycles. The highest BCUT2D eigenvalue weighted by atomic mass is 16.4. The summed E-state index contributed by atoms with van der Waals surface area (Å²) in [7, 11) is 0. The lowest BCUT2D eigenvalue weighted by Gasteiger charge is -2.33. The van der Waals surface area contributed by atoms with Gasteiger partial charge in [-0.1, -0.05) is 25.5 Å². The number of carboxylic acid groups (broad SMARTS) is 1. The minimum atomic E-state index is -1.00. The SMILES string of the molecule is CCCCC(=O)Nc1cccc(C(O)CCN(C(=O)O)C(C)(C)C)c1. The second-order valence-electron chi connectivity index (χ2n) is 7.19. The molecule has 0 fully saturated rings. The standard InChI is InChI=1S/C19H30N2O4/c1-5-6-10-17(23)20-15-9-7-8-14(13-15)16(22)11-12-21(18(24)25)19(2,3)4/h7-9,13,16,22H,5-6,10-12H2,1-4H3,(H,20,23)(H,24,25). The van der Waals surface area contributed by atoms with Crippen molar-refractivity contribution in [2.75, 3.05) is 11.9 Å². The van der Waals surface area contributed by atoms with Crippen molar-refractivity contribution in [2.24, 2.45) is 0 Å². The van der Waals surface area contributed by atoms with Crippen LogP contribution in [0.15, 0.2) is 24.3 Å². The van der Waals surface area contributed by atoms with Crippen LogP contribution < -0.4 is 5.32 Å². The van der Waals surface area contributed by atoms with E-state index in [4.69, 9.17) is 0 Å². The molecule has 0 spiro atoms. The lowest BCUT2D eigenvalue weighted by molar-refractivity contribution is -0.116. The normalized spacial score (nSPS) is 12.5. The average Bonchev–Trinajstić information content (AvgIpc) is 2.51. The minimum Gasteiger partial charge on any atom is -0.465 e. The Kier molecular flexibility index (Phi) is 7.90. The summed E-state index contributed by atoms with van der Waals surface area (Å²) in [4.78, 5) is 24.5. The Morgan fingerprint density at radius 1 is 1.28 bits per heavy atom. The molecule has 1 atom stereocenters. The molecule has 0 saturated heterocycles. The fourth-order valence-corrected chi connectivity index (χ4v) is 2.52. The molecule has 1 aromatic carbocycles. The van der Waals surface area contributed by atoms with Gasteiger partial charge in [0.15, 0.2) is 0 Å². The molecule has 1 unspecified atom stereocenters. The number of unbranched alkanes of at least 4 members (excludes halogenated alkanes) is 1. The highest BCUT2D eigenvalue weighted by molar-refractivity contribution is 5.90. The summed E-state index contributed by atoms with van der Waals surface area (Å²) in [5.74, 6) is -0.0433. The summed E-state index contributed by atoms with van der Waals surface area (Å²) in [6, 6.07) is 7.05. The number of aliphatic hydroxyl groups is 1. The second-order valence-corrected chi connectivity index (χ2v) is 7.19. The van der Waals surface area contributed by atoms with Crippen LogP contribution in [0.2, 0.25) is 0 Å². The zero-order valence-electron chi connectivity index (χ0n) is 15.6. The van der Waals surface area contributed by atoms with E-state index in [1.165, 1.54) is 4.90 Å². The molecule has 140 valence electrons. The van der Waals surface area contributed by atoms with Crippen molar-refractivity contribution in [3.63, 3.8) is 0 Å². The predicted molar refractivity (Wildman–Crippen MR) is 98.7 cm³/mol. The van der Waals surface area contributed by atoms with Crippen molar-refractivity contribution >= 4 is 17.7 Å². The minimum absolute atomic E-state index is 0.0433. The number of nitrogens with one attached hydrogen (secondary N) is 1. The van der Waals surface area contributed by atoms with Gasteiger partial charge in [-0.2, -0.15) is 0 Å². The maximum atomic E-state index is 11.8. The molecule has 0 bridgehead atoms. The van der Waals surface area contributed by atoms with E-state index >= 15 is 0 Å². The van der Waals surface area contributed by atoms with Crippen molar-refractivity contribution in [1.82, 2.24) is 4.90 Å². The second kappa shape index (κ2) is 9.42. The fourth-order valence-electron chi connectivity index (χ4n) is 2.52. The zero-order valence-corrected chi connectivity index (χ0v) is 15.6. The molecule has 0 aliphatic rings. The number of carbonyl (C=O) groups is 2. The van der Waals surface area contributed by atoms with Crippen LogP contribution in [-0.4, -0.2) is 39.2 Å². The van der Waals surface area contributed by atoms with Crippen LogP contribution in [0.5, 0.6) is 0 Å². The van der Waals surface area contributed by atoms with E-state index in [9.17, 15) is 19.8 Å². The van der Waals surface area contributed by atoms with E-state index in [-0.39, 0.29) is 18.9 Å². The maximum Gasteiger partial charge on any atom is 0.407 e. The van der Waals surface area contributed by atoms with E-state index < -0.39 is 17.7 Å². The zero-order chi connectivity index (χ0) is 19.0. The first kappa shape index (κ1) is 21.0. The molecule has 1 rings (SSSR count). The Balaban J connectivity index is 2.69. The number of nitrogens with zero attached hydrogens (tertiary/aromatic N) is 1. The van der Waals surface area contributed by atoms with Crippen LogP contribution in [0.3, 0.4) is 0 Å². The Labute approximate surface area is 149 Å². The monoisotopic (exact) mass is 350 g/mol. The molecule has 6 nitrogen and oxygen atoms in total. The number of carbonyl (C=O) groups excluding carboxylic acids is 1. The van der Waals surface area contributed by atoms with Gasteiger partial charge in [-0.3, -0.25) is 4.79 Å². The molecule has 2 amide bonds. The van der Waals surface area contributed by atoms with Crippen LogP contribution in [0.1, 0.15) is 65.0 Å². The van der Waals surface area contributed by atoms with Crippen molar-refractivity contribution in [3.05, 3.63) is 29.8 Å². The summed E-state index contributed by atoms with van der Waals surface area (Å²) >= 11 is 0. The first-order valence-electron chi connectivity index (χ1n) is 8.73. The van der Waals surface area contributed by atoms with Crippen molar-refractivity contribution < 1.29 is 19.8 Å². The molecule has 0 aromatic heterocycles. The highest BCUT2D eigenvalue weighted by Gasteiger charge is 2.26. The van der Waals surface area contributed by atoms with Gasteiger partial charge in [-0.05, 0) is 51.3 Å². The number of amides is 2. The van der Waals surface area contributed by atoms with Gasteiger partial charge in [0.05, 0.1) is 6.10 Å². The predicted octanol–water partition coefficient (Wildman–Crippen LogP) is 4.02. The summed E-state index contributed by atoms with van der Waals surface area (Å²) in [6.07, 6.45) is 0.763. The molecule has 1 aromatic rings.